The van der Waals surface area contributed by atoms with E-state index in [0.717, 1.165) is 12.1 Å². The number of ether oxygens (including phenoxy) is 1. The summed E-state index contributed by atoms with van der Waals surface area (Å²) in [5, 5.41) is 2.50. The Morgan fingerprint density at radius 3 is 2.82 bits per heavy atom. The number of amides is 2. The third kappa shape index (κ3) is 3.93. The molecule has 0 unspecified atom stereocenters. The molecule has 0 aliphatic carbocycles. The highest BCUT2D eigenvalue weighted by Gasteiger charge is 2.29. The molecular weight excluding hydrogens is 294 g/mol. The van der Waals surface area contributed by atoms with E-state index in [1.54, 1.807) is 6.92 Å². The second-order valence-electron chi connectivity index (χ2n) is 5.10. The van der Waals surface area contributed by atoms with E-state index < -0.39 is 17.7 Å². The van der Waals surface area contributed by atoms with Crippen molar-refractivity contribution in [2.45, 2.75) is 19.8 Å². The minimum atomic E-state index is -1.03. The molecule has 0 saturated carbocycles. The van der Waals surface area contributed by atoms with Crippen LogP contribution in [0.3, 0.4) is 0 Å². The number of nitrogens with zero attached hydrogens (tertiary/aromatic N) is 1. The summed E-state index contributed by atoms with van der Waals surface area (Å²) in [6, 6.07) is 2.70. The summed E-state index contributed by atoms with van der Waals surface area (Å²) >= 11 is 0. The van der Waals surface area contributed by atoms with E-state index >= 15 is 0 Å². The maximum atomic E-state index is 13.1. The number of hydrogen-bond acceptors (Lipinski definition) is 3. The monoisotopic (exact) mass is 312 g/mol. The summed E-state index contributed by atoms with van der Waals surface area (Å²) in [5.41, 5.74) is 0.169. The van der Waals surface area contributed by atoms with Crippen LogP contribution in [0.5, 0.6) is 0 Å². The molecule has 0 bridgehead atoms. The van der Waals surface area contributed by atoms with Crippen molar-refractivity contribution in [2.75, 3.05) is 25.0 Å². The highest BCUT2D eigenvalue weighted by Crippen LogP contribution is 2.20. The SMILES string of the molecule is CCOC(=O)[C@H]1CCCN(C(=O)Nc2ccc(F)c(F)c2)C1. The molecule has 1 heterocycles. The molecule has 0 radical (unpaired) electrons. The molecule has 0 aromatic heterocycles. The minimum absolute atomic E-state index is 0.169. The van der Waals surface area contributed by atoms with Gasteiger partial charge in [0.1, 0.15) is 0 Å². The van der Waals surface area contributed by atoms with Crippen molar-refractivity contribution in [1.82, 2.24) is 4.90 Å². The molecule has 5 nitrogen and oxygen atoms in total. The van der Waals surface area contributed by atoms with E-state index in [0.29, 0.717) is 26.0 Å². The van der Waals surface area contributed by atoms with E-state index in [1.165, 1.54) is 11.0 Å². The fraction of sp³-hybridized carbons (Fsp3) is 0.467. The first-order chi connectivity index (χ1) is 10.5. The van der Waals surface area contributed by atoms with Crippen molar-refractivity contribution < 1.29 is 23.1 Å². The number of benzene rings is 1. The number of hydrogen-bond donors (Lipinski definition) is 1. The first kappa shape index (κ1) is 16.2. The summed E-state index contributed by atoms with van der Waals surface area (Å²) in [7, 11) is 0. The Morgan fingerprint density at radius 1 is 1.36 bits per heavy atom. The van der Waals surface area contributed by atoms with E-state index in [-0.39, 0.29) is 24.1 Å². The summed E-state index contributed by atoms with van der Waals surface area (Å²) in [5.74, 6) is -2.66. The molecule has 1 aliphatic rings. The first-order valence-electron chi connectivity index (χ1n) is 7.19. The molecule has 7 heteroatoms. The smallest absolute Gasteiger partial charge is 0.321 e. The van der Waals surface area contributed by atoms with Crippen molar-refractivity contribution in [3.63, 3.8) is 0 Å². The molecule has 1 saturated heterocycles. The van der Waals surface area contributed by atoms with Gasteiger partial charge in [0.2, 0.25) is 0 Å². The van der Waals surface area contributed by atoms with Crippen LogP contribution < -0.4 is 5.32 Å². The van der Waals surface area contributed by atoms with Gasteiger partial charge in [-0.2, -0.15) is 0 Å². The number of esters is 1. The Hall–Kier alpha value is -2.18. The molecule has 1 aliphatic heterocycles. The quantitative estimate of drug-likeness (QED) is 0.873. The fourth-order valence-corrected chi connectivity index (χ4v) is 2.39. The predicted molar refractivity (Wildman–Crippen MR) is 76.3 cm³/mol. The number of nitrogens with one attached hydrogen (secondary N) is 1. The van der Waals surface area contributed by atoms with Crippen LogP contribution in [-0.2, 0) is 9.53 Å². The molecule has 1 aromatic carbocycles. The molecule has 1 atom stereocenters. The number of anilines is 1. The van der Waals surface area contributed by atoms with Crippen molar-refractivity contribution in [1.29, 1.82) is 0 Å². The van der Waals surface area contributed by atoms with E-state index in [1.807, 2.05) is 0 Å². The first-order valence-corrected chi connectivity index (χ1v) is 7.19. The molecule has 2 amide bonds. The van der Waals surface area contributed by atoms with Gasteiger partial charge in [-0.25, -0.2) is 13.6 Å². The number of carbonyl (C=O) groups excluding carboxylic acids is 2. The molecule has 0 spiro atoms. The van der Waals surface area contributed by atoms with Gasteiger partial charge in [0.25, 0.3) is 0 Å². The van der Waals surface area contributed by atoms with Gasteiger partial charge in [-0.05, 0) is 31.9 Å². The van der Waals surface area contributed by atoms with Crippen LogP contribution in [0, 0.1) is 17.6 Å². The number of carbonyl (C=O) groups is 2. The summed E-state index contributed by atoms with van der Waals surface area (Å²) in [6.07, 6.45) is 1.36. The lowest BCUT2D eigenvalue weighted by Gasteiger charge is -2.31. The van der Waals surface area contributed by atoms with E-state index in [4.69, 9.17) is 4.74 Å². The summed E-state index contributed by atoms with van der Waals surface area (Å²) in [6.45, 7) is 2.80. The molecule has 1 N–H and O–H groups in total. The molecule has 1 aromatic rings. The van der Waals surface area contributed by atoms with Crippen LogP contribution in [0.25, 0.3) is 0 Å². The van der Waals surface area contributed by atoms with Gasteiger partial charge >= 0.3 is 12.0 Å². The van der Waals surface area contributed by atoms with Gasteiger partial charge in [-0.3, -0.25) is 4.79 Å². The highest BCUT2D eigenvalue weighted by molar-refractivity contribution is 5.89. The van der Waals surface area contributed by atoms with Crippen LogP contribution in [0.1, 0.15) is 19.8 Å². The fourth-order valence-electron chi connectivity index (χ4n) is 2.39. The predicted octanol–water partition coefficient (Wildman–Crippen LogP) is 2.77. The lowest BCUT2D eigenvalue weighted by atomic mass is 9.98. The zero-order valence-electron chi connectivity index (χ0n) is 12.3. The second-order valence-corrected chi connectivity index (χ2v) is 5.10. The number of halogens is 2. The second kappa shape index (κ2) is 7.20. The average molecular weight is 312 g/mol. The van der Waals surface area contributed by atoms with Gasteiger partial charge in [-0.1, -0.05) is 0 Å². The van der Waals surface area contributed by atoms with Gasteiger partial charge in [0, 0.05) is 24.8 Å². The van der Waals surface area contributed by atoms with Crippen LogP contribution in [-0.4, -0.2) is 36.6 Å². The molecule has 22 heavy (non-hydrogen) atoms. The van der Waals surface area contributed by atoms with Crippen LogP contribution in [0.15, 0.2) is 18.2 Å². The van der Waals surface area contributed by atoms with Crippen LogP contribution in [0.4, 0.5) is 19.3 Å². The summed E-state index contributed by atoms with van der Waals surface area (Å²) in [4.78, 5) is 25.3. The van der Waals surface area contributed by atoms with Crippen LogP contribution >= 0.6 is 0 Å². The van der Waals surface area contributed by atoms with Crippen molar-refractivity contribution in [3.05, 3.63) is 29.8 Å². The highest BCUT2D eigenvalue weighted by atomic mass is 19.2. The molecular formula is C15H18F2N2O3. The number of likely N-dealkylation sites (tertiary alicyclic amines) is 1. The molecule has 1 fully saturated rings. The van der Waals surface area contributed by atoms with Gasteiger partial charge in [0.05, 0.1) is 12.5 Å². The number of urea groups is 1. The number of piperidine rings is 1. The lowest BCUT2D eigenvalue weighted by molar-refractivity contribution is -0.149. The third-order valence-electron chi connectivity index (χ3n) is 3.50. The zero-order valence-corrected chi connectivity index (χ0v) is 12.3. The Balaban J connectivity index is 1.96. The maximum Gasteiger partial charge on any atom is 0.321 e. The van der Waals surface area contributed by atoms with Crippen molar-refractivity contribution >= 4 is 17.7 Å². The van der Waals surface area contributed by atoms with Gasteiger partial charge in [-0.15, -0.1) is 0 Å². The lowest BCUT2D eigenvalue weighted by Crippen LogP contribution is -2.44. The van der Waals surface area contributed by atoms with Crippen molar-refractivity contribution in [3.8, 4) is 0 Å². The molecule has 120 valence electrons. The zero-order chi connectivity index (χ0) is 16.1. The molecule has 2 rings (SSSR count). The summed E-state index contributed by atoms with van der Waals surface area (Å²) < 4.78 is 30.9. The Labute approximate surface area is 127 Å². The van der Waals surface area contributed by atoms with Crippen LogP contribution in [0.2, 0.25) is 0 Å². The maximum absolute atomic E-state index is 13.1. The largest absolute Gasteiger partial charge is 0.466 e. The number of rotatable bonds is 3. The Morgan fingerprint density at radius 2 is 2.14 bits per heavy atom. The van der Waals surface area contributed by atoms with E-state index in [2.05, 4.69) is 5.32 Å². The average Bonchev–Trinajstić information content (AvgIpc) is 2.51. The normalized spacial score (nSPS) is 18.0. The van der Waals surface area contributed by atoms with Crippen molar-refractivity contribution in [2.24, 2.45) is 5.92 Å². The standard InChI is InChI=1S/C15H18F2N2O3/c1-2-22-14(20)10-4-3-7-19(9-10)15(21)18-11-5-6-12(16)13(17)8-11/h5-6,8,10H,2-4,7,9H2,1H3,(H,18,21)/t10-/m0/s1. The van der Waals surface area contributed by atoms with E-state index in [9.17, 15) is 18.4 Å². The minimum Gasteiger partial charge on any atom is -0.466 e. The Kier molecular flexibility index (Phi) is 5.30. The Bertz CT molecular complexity index is 566. The third-order valence-corrected chi connectivity index (χ3v) is 3.50. The van der Waals surface area contributed by atoms with Gasteiger partial charge < -0.3 is 15.0 Å². The van der Waals surface area contributed by atoms with Gasteiger partial charge in [0.15, 0.2) is 11.6 Å². The topological polar surface area (TPSA) is 58.6 Å².